The van der Waals surface area contributed by atoms with Crippen molar-refractivity contribution in [1.29, 1.82) is 0 Å². The summed E-state index contributed by atoms with van der Waals surface area (Å²) in [6.07, 6.45) is -3.09. The fourth-order valence-electron chi connectivity index (χ4n) is 5.07. The molecule has 248 valence electrons. The molecule has 2 N–H and O–H groups in total. The molecule has 10 nitrogen and oxygen atoms in total. The van der Waals surface area contributed by atoms with Crippen LogP contribution in [0.15, 0.2) is 54.6 Å². The monoisotopic (exact) mass is 692 g/mol. The van der Waals surface area contributed by atoms with E-state index in [0.29, 0.717) is 17.1 Å². The van der Waals surface area contributed by atoms with Crippen LogP contribution in [-0.2, 0) is 27.7 Å². The summed E-state index contributed by atoms with van der Waals surface area (Å²) in [4.78, 5) is 22.7. The summed E-state index contributed by atoms with van der Waals surface area (Å²) >= 11 is 6.51. The number of hydrogen-bond acceptors (Lipinski definition) is 7. The van der Waals surface area contributed by atoms with Crippen molar-refractivity contribution in [3.63, 3.8) is 0 Å². The maximum Gasteiger partial charge on any atom is 0.408 e. The van der Waals surface area contributed by atoms with E-state index in [4.69, 9.17) is 26.3 Å². The Bertz CT molecular complexity index is 2080. The number of halogens is 5. The van der Waals surface area contributed by atoms with Gasteiger partial charge in [0.15, 0.2) is 5.82 Å². The van der Waals surface area contributed by atoms with Crippen LogP contribution in [0.4, 0.5) is 28.2 Å². The molecule has 0 bridgehead atoms. The Labute approximate surface area is 272 Å². The summed E-state index contributed by atoms with van der Waals surface area (Å²) in [5, 5.41) is 6.86. The molecule has 47 heavy (non-hydrogen) atoms. The molecule has 1 amide bonds. The summed E-state index contributed by atoms with van der Waals surface area (Å²) < 4.78 is 89.2. The van der Waals surface area contributed by atoms with E-state index < -0.39 is 52.4 Å². The van der Waals surface area contributed by atoms with Crippen LogP contribution in [0, 0.1) is 11.6 Å². The molecule has 1 atom stereocenters. The number of amides is 1. The number of ether oxygens (including phenoxy) is 1. The Hall–Kier alpha value is -4.50. The lowest BCUT2D eigenvalue weighted by atomic mass is 9.97. The number of para-hydroxylation sites is 2. The first-order valence-electron chi connectivity index (χ1n) is 14.1. The third kappa shape index (κ3) is 8.08. The smallest absolute Gasteiger partial charge is 0.408 e. The van der Waals surface area contributed by atoms with Gasteiger partial charge in [-0.2, -0.15) is 5.10 Å². The molecule has 16 heteroatoms. The van der Waals surface area contributed by atoms with E-state index in [2.05, 4.69) is 15.1 Å². The zero-order chi connectivity index (χ0) is 34.3. The van der Waals surface area contributed by atoms with Crippen LogP contribution in [-0.4, -0.2) is 52.5 Å². The number of carbonyl (C=O) groups is 1. The average molecular weight is 693 g/mol. The molecule has 3 aromatic carbocycles. The van der Waals surface area contributed by atoms with E-state index >= 15 is 0 Å². The van der Waals surface area contributed by atoms with Crippen LogP contribution in [0.5, 0.6) is 0 Å². The van der Waals surface area contributed by atoms with Crippen molar-refractivity contribution in [3.8, 4) is 11.3 Å². The number of benzene rings is 3. The predicted molar refractivity (Wildman–Crippen MR) is 170 cm³/mol. The SMILES string of the molecule is CC(C)(C)OC(=O)N[C@@H](Cc1cc(F)cc(F)c1)c1nc2ccccc2nc1-c1ccc(Cl)c2c(NS(C)(=O)=O)nn(CC(F)F)c12. The summed E-state index contributed by atoms with van der Waals surface area (Å²) in [7, 11) is -3.92. The third-order valence-electron chi connectivity index (χ3n) is 6.67. The molecule has 0 fully saturated rings. The van der Waals surface area contributed by atoms with Crippen LogP contribution in [0.2, 0.25) is 5.02 Å². The number of carbonyl (C=O) groups excluding carboxylic acids is 1. The Morgan fingerprint density at radius 2 is 1.66 bits per heavy atom. The van der Waals surface area contributed by atoms with Gasteiger partial charge in [0.05, 0.1) is 50.6 Å². The van der Waals surface area contributed by atoms with E-state index in [0.717, 1.165) is 23.1 Å². The molecule has 0 unspecified atom stereocenters. The van der Waals surface area contributed by atoms with Crippen LogP contribution in [0.25, 0.3) is 33.2 Å². The zero-order valence-electron chi connectivity index (χ0n) is 25.5. The van der Waals surface area contributed by atoms with Gasteiger partial charge in [0, 0.05) is 11.6 Å². The van der Waals surface area contributed by atoms with Gasteiger partial charge in [-0.1, -0.05) is 23.7 Å². The summed E-state index contributed by atoms with van der Waals surface area (Å²) in [6, 6.07) is 11.4. The highest BCUT2D eigenvalue weighted by Gasteiger charge is 2.29. The first kappa shape index (κ1) is 33.9. The molecule has 0 radical (unpaired) electrons. The number of hydrogen-bond donors (Lipinski definition) is 2. The van der Waals surface area contributed by atoms with E-state index in [1.54, 1.807) is 45.0 Å². The highest BCUT2D eigenvalue weighted by atomic mass is 35.5. The molecule has 0 aliphatic carbocycles. The van der Waals surface area contributed by atoms with Crippen molar-refractivity contribution in [2.24, 2.45) is 0 Å². The Morgan fingerprint density at radius 1 is 1.02 bits per heavy atom. The van der Waals surface area contributed by atoms with E-state index in [1.807, 2.05) is 0 Å². The van der Waals surface area contributed by atoms with Crippen molar-refractivity contribution in [2.45, 2.75) is 51.8 Å². The lowest BCUT2D eigenvalue weighted by molar-refractivity contribution is 0.0502. The van der Waals surface area contributed by atoms with Crippen molar-refractivity contribution in [3.05, 3.63) is 82.5 Å². The summed E-state index contributed by atoms with van der Waals surface area (Å²) in [5.41, 5.74) is 0.347. The minimum Gasteiger partial charge on any atom is -0.444 e. The van der Waals surface area contributed by atoms with Crippen molar-refractivity contribution in [1.82, 2.24) is 25.1 Å². The molecule has 2 heterocycles. The summed E-state index contributed by atoms with van der Waals surface area (Å²) in [6.45, 7) is 4.03. The van der Waals surface area contributed by atoms with Gasteiger partial charge in [-0.3, -0.25) is 9.40 Å². The number of nitrogens with zero attached hydrogens (tertiary/aromatic N) is 4. The molecule has 0 aliphatic rings. The van der Waals surface area contributed by atoms with E-state index in [9.17, 15) is 30.8 Å². The fourth-order valence-corrected chi connectivity index (χ4v) is 5.80. The summed E-state index contributed by atoms with van der Waals surface area (Å²) in [5.74, 6) is -1.98. The second kappa shape index (κ2) is 13.0. The fraction of sp³-hybridized carbons (Fsp3) is 0.290. The second-order valence-electron chi connectivity index (χ2n) is 11.7. The molecule has 2 aromatic heterocycles. The molecular weight excluding hydrogens is 664 g/mol. The maximum atomic E-state index is 14.3. The number of alkyl carbamates (subject to hydrolysis) is 1. The number of aromatic nitrogens is 4. The Morgan fingerprint density at radius 3 is 2.26 bits per heavy atom. The van der Waals surface area contributed by atoms with Gasteiger partial charge in [-0.15, -0.1) is 0 Å². The van der Waals surface area contributed by atoms with Crippen LogP contribution < -0.4 is 10.0 Å². The van der Waals surface area contributed by atoms with Crippen molar-refractivity contribution in [2.75, 3.05) is 11.0 Å². The van der Waals surface area contributed by atoms with Crippen molar-refractivity contribution < 1.29 is 35.5 Å². The topological polar surface area (TPSA) is 128 Å². The number of rotatable bonds is 9. The van der Waals surface area contributed by atoms with Gasteiger partial charge < -0.3 is 10.1 Å². The van der Waals surface area contributed by atoms with E-state index in [-0.39, 0.29) is 50.7 Å². The molecule has 0 saturated carbocycles. The quantitative estimate of drug-likeness (QED) is 0.159. The van der Waals surface area contributed by atoms with Gasteiger partial charge in [-0.25, -0.2) is 40.7 Å². The Kier molecular flexibility index (Phi) is 9.33. The van der Waals surface area contributed by atoms with Gasteiger partial charge in [0.25, 0.3) is 6.43 Å². The predicted octanol–water partition coefficient (Wildman–Crippen LogP) is 7.02. The van der Waals surface area contributed by atoms with Crippen molar-refractivity contribution >= 4 is 55.5 Å². The molecule has 0 aliphatic heterocycles. The highest BCUT2D eigenvalue weighted by molar-refractivity contribution is 7.92. The molecular formula is C31H29ClF4N6O4S. The van der Waals surface area contributed by atoms with Gasteiger partial charge >= 0.3 is 6.09 Å². The van der Waals surface area contributed by atoms with E-state index in [1.165, 1.54) is 12.1 Å². The van der Waals surface area contributed by atoms with Crippen LogP contribution >= 0.6 is 11.6 Å². The lowest BCUT2D eigenvalue weighted by Crippen LogP contribution is -2.36. The minimum atomic E-state index is -3.92. The highest BCUT2D eigenvalue weighted by Crippen LogP contribution is 2.40. The van der Waals surface area contributed by atoms with Gasteiger partial charge in [0.2, 0.25) is 10.0 Å². The minimum absolute atomic E-state index is 0.00241. The number of anilines is 1. The Balaban J connectivity index is 1.81. The first-order valence-corrected chi connectivity index (χ1v) is 16.4. The van der Waals surface area contributed by atoms with Crippen LogP contribution in [0.1, 0.15) is 38.1 Å². The third-order valence-corrected chi connectivity index (χ3v) is 7.55. The van der Waals surface area contributed by atoms with Crippen LogP contribution in [0.3, 0.4) is 0 Å². The molecule has 0 saturated heterocycles. The van der Waals surface area contributed by atoms with Gasteiger partial charge in [-0.05, 0) is 69.2 Å². The second-order valence-corrected chi connectivity index (χ2v) is 13.9. The largest absolute Gasteiger partial charge is 0.444 e. The number of sulfonamides is 1. The molecule has 5 rings (SSSR count). The average Bonchev–Trinajstić information content (AvgIpc) is 3.27. The lowest BCUT2D eigenvalue weighted by Gasteiger charge is -2.25. The molecule has 0 spiro atoms. The first-order chi connectivity index (χ1) is 22.0. The number of nitrogens with one attached hydrogen (secondary N) is 2. The number of fused-ring (bicyclic) bond motifs is 2. The number of alkyl halides is 2. The standard InChI is InChI=1S/C31H29ClF4N6O4S/c1-31(2,3)46-30(43)39-23(13-16-11-17(33)14-18(34)12-16)27-26(37-21-7-5-6-8-22(21)38-27)19-9-10-20(32)25-28(19)42(15-24(35)36)40-29(25)41-47(4,44)45/h5-12,14,23-24H,13,15H2,1-4H3,(H,39,43)(H,40,41)/t23-/m0/s1. The zero-order valence-corrected chi connectivity index (χ0v) is 27.1. The normalized spacial score (nSPS) is 12.9. The maximum absolute atomic E-state index is 14.3. The molecule has 5 aromatic rings. The van der Waals surface area contributed by atoms with Gasteiger partial charge in [0.1, 0.15) is 23.8 Å².